The van der Waals surface area contributed by atoms with Gasteiger partial charge in [-0.3, -0.25) is 4.79 Å². The van der Waals surface area contributed by atoms with Crippen molar-refractivity contribution in [3.8, 4) is 5.75 Å². The molecule has 1 saturated heterocycles. The van der Waals surface area contributed by atoms with E-state index in [2.05, 4.69) is 10.6 Å². The average molecular weight is 363 g/mol. The monoisotopic (exact) mass is 362 g/mol. The molecule has 2 N–H and O–H groups in total. The molecule has 1 atom stereocenters. The fraction of sp³-hybridized carbons (Fsp3) is 0.562. The van der Waals surface area contributed by atoms with E-state index in [0.717, 1.165) is 13.1 Å². The van der Waals surface area contributed by atoms with Gasteiger partial charge in [-0.05, 0) is 51.1 Å². The number of hydrogen-bond donors (Lipinski definition) is 2. The largest absolute Gasteiger partial charge is 0.489 e. The van der Waals surface area contributed by atoms with Gasteiger partial charge in [0, 0.05) is 12.1 Å². The van der Waals surface area contributed by atoms with Crippen LogP contribution in [0.15, 0.2) is 24.3 Å². The summed E-state index contributed by atoms with van der Waals surface area (Å²) >= 11 is 5.92. The molecule has 1 heterocycles. The maximum absolute atomic E-state index is 12.4. The number of carbonyl (C=O) groups is 1. The lowest BCUT2D eigenvalue weighted by molar-refractivity contribution is -0.147. The first-order chi connectivity index (χ1) is 10.6. The lowest BCUT2D eigenvalue weighted by Crippen LogP contribution is -2.55. The van der Waals surface area contributed by atoms with Gasteiger partial charge < -0.3 is 20.1 Å². The van der Waals surface area contributed by atoms with E-state index in [4.69, 9.17) is 21.1 Å². The molecule has 0 bridgehead atoms. The Labute approximate surface area is 148 Å². The lowest BCUT2D eigenvalue weighted by Gasteiger charge is -2.35. The zero-order valence-corrected chi connectivity index (χ0v) is 15.0. The highest BCUT2D eigenvalue weighted by atomic mass is 35.5. The van der Waals surface area contributed by atoms with Gasteiger partial charge in [0.25, 0.3) is 5.91 Å². The molecule has 1 fully saturated rings. The Kier molecular flexibility index (Phi) is 8.12. The van der Waals surface area contributed by atoms with Crippen molar-refractivity contribution >= 4 is 29.9 Å². The fourth-order valence-corrected chi connectivity index (χ4v) is 2.75. The summed E-state index contributed by atoms with van der Waals surface area (Å²) in [5, 5.41) is 6.79. The van der Waals surface area contributed by atoms with Crippen LogP contribution in [-0.4, -0.2) is 44.4 Å². The number of amides is 1. The maximum Gasteiger partial charge on any atom is 0.252 e. The topological polar surface area (TPSA) is 59.6 Å². The van der Waals surface area contributed by atoms with Crippen LogP contribution in [0.25, 0.3) is 0 Å². The third kappa shape index (κ3) is 5.53. The van der Waals surface area contributed by atoms with Gasteiger partial charge >= 0.3 is 0 Å². The predicted octanol–water partition coefficient (Wildman–Crippen LogP) is 2.41. The van der Waals surface area contributed by atoms with Gasteiger partial charge in [0.1, 0.15) is 17.5 Å². The molecule has 23 heavy (non-hydrogen) atoms. The number of hydrogen-bond acceptors (Lipinski definition) is 4. The van der Waals surface area contributed by atoms with Crippen LogP contribution < -0.4 is 15.4 Å². The Bertz CT molecular complexity index is 508. The highest BCUT2D eigenvalue weighted by Gasteiger charge is 2.39. The van der Waals surface area contributed by atoms with Crippen LogP contribution in [0.1, 0.15) is 19.8 Å². The third-order valence-electron chi connectivity index (χ3n) is 3.90. The van der Waals surface area contributed by atoms with Crippen LogP contribution in [0.2, 0.25) is 5.02 Å². The van der Waals surface area contributed by atoms with E-state index in [9.17, 15) is 4.79 Å². The van der Waals surface area contributed by atoms with E-state index in [-0.39, 0.29) is 24.4 Å². The Morgan fingerprint density at radius 1 is 1.43 bits per heavy atom. The van der Waals surface area contributed by atoms with E-state index in [1.165, 1.54) is 0 Å². The van der Waals surface area contributed by atoms with Crippen molar-refractivity contribution in [2.45, 2.75) is 31.5 Å². The van der Waals surface area contributed by atoms with Crippen LogP contribution >= 0.6 is 24.0 Å². The molecule has 1 aromatic rings. The summed E-state index contributed by atoms with van der Waals surface area (Å²) in [5.41, 5.74) is -0.721. The minimum atomic E-state index is -0.721. The van der Waals surface area contributed by atoms with Gasteiger partial charge in [-0.2, -0.15) is 0 Å². The first-order valence-electron chi connectivity index (χ1n) is 7.52. The Hall–Kier alpha value is -1.01. The summed E-state index contributed by atoms with van der Waals surface area (Å²) in [6.45, 7) is 3.90. The smallest absolute Gasteiger partial charge is 0.252 e. The SMILES string of the molecule is COC1(C(=O)NCC(C)Oc2cccc(Cl)c2)CCNCC1.Cl. The molecule has 2 rings (SSSR count). The van der Waals surface area contributed by atoms with Crippen LogP contribution in [0, 0.1) is 0 Å². The normalized spacial score (nSPS) is 17.7. The van der Waals surface area contributed by atoms with Crippen molar-refractivity contribution in [3.05, 3.63) is 29.3 Å². The van der Waals surface area contributed by atoms with Gasteiger partial charge in [-0.1, -0.05) is 17.7 Å². The van der Waals surface area contributed by atoms with Crippen molar-refractivity contribution in [3.63, 3.8) is 0 Å². The summed E-state index contributed by atoms with van der Waals surface area (Å²) in [4.78, 5) is 12.4. The van der Waals surface area contributed by atoms with E-state index >= 15 is 0 Å². The Morgan fingerprint density at radius 2 is 2.13 bits per heavy atom. The number of piperidine rings is 1. The molecule has 1 unspecified atom stereocenters. The van der Waals surface area contributed by atoms with Gasteiger partial charge in [0.2, 0.25) is 0 Å². The summed E-state index contributed by atoms with van der Waals surface area (Å²) < 4.78 is 11.2. The second kappa shape index (κ2) is 9.33. The van der Waals surface area contributed by atoms with Gasteiger partial charge in [-0.15, -0.1) is 12.4 Å². The molecule has 130 valence electrons. The minimum Gasteiger partial charge on any atom is -0.489 e. The van der Waals surface area contributed by atoms with Crippen molar-refractivity contribution in [1.29, 1.82) is 0 Å². The number of carbonyl (C=O) groups excluding carboxylic acids is 1. The van der Waals surface area contributed by atoms with E-state index in [0.29, 0.717) is 30.2 Å². The second-order valence-corrected chi connectivity index (χ2v) is 5.98. The van der Waals surface area contributed by atoms with E-state index in [1.54, 1.807) is 19.2 Å². The van der Waals surface area contributed by atoms with Crippen LogP contribution in [0.4, 0.5) is 0 Å². The molecule has 1 aromatic carbocycles. The Morgan fingerprint density at radius 3 is 2.74 bits per heavy atom. The summed E-state index contributed by atoms with van der Waals surface area (Å²) in [5.74, 6) is 0.621. The first-order valence-corrected chi connectivity index (χ1v) is 7.90. The summed E-state index contributed by atoms with van der Waals surface area (Å²) in [7, 11) is 1.59. The van der Waals surface area contributed by atoms with Crippen LogP contribution in [-0.2, 0) is 9.53 Å². The van der Waals surface area contributed by atoms with Crippen molar-refractivity contribution in [1.82, 2.24) is 10.6 Å². The molecular weight excluding hydrogens is 339 g/mol. The van der Waals surface area contributed by atoms with E-state index < -0.39 is 5.60 Å². The van der Waals surface area contributed by atoms with Crippen molar-refractivity contribution < 1.29 is 14.3 Å². The molecule has 1 amide bonds. The standard InChI is InChI=1S/C16H23ClN2O3.ClH/c1-12(22-14-5-3-4-13(17)10-14)11-19-15(20)16(21-2)6-8-18-9-7-16;/h3-5,10,12,18H,6-9,11H2,1-2H3,(H,19,20);1H. The third-order valence-corrected chi connectivity index (χ3v) is 4.13. The number of ether oxygens (including phenoxy) is 2. The molecule has 5 nitrogen and oxygen atoms in total. The molecule has 1 aliphatic heterocycles. The van der Waals surface area contributed by atoms with Crippen LogP contribution in [0.5, 0.6) is 5.75 Å². The molecule has 0 radical (unpaired) electrons. The number of methoxy groups -OCH3 is 1. The summed E-state index contributed by atoms with van der Waals surface area (Å²) in [6.07, 6.45) is 1.20. The fourth-order valence-electron chi connectivity index (χ4n) is 2.57. The van der Waals surface area contributed by atoms with Gasteiger partial charge in [0.05, 0.1) is 6.54 Å². The molecule has 0 saturated carbocycles. The minimum absolute atomic E-state index is 0. The number of rotatable bonds is 6. The summed E-state index contributed by atoms with van der Waals surface area (Å²) in [6, 6.07) is 7.22. The zero-order chi connectivity index (χ0) is 16.0. The molecule has 0 aliphatic carbocycles. The lowest BCUT2D eigenvalue weighted by atomic mass is 9.91. The molecule has 0 aromatic heterocycles. The van der Waals surface area contributed by atoms with Crippen molar-refractivity contribution in [2.24, 2.45) is 0 Å². The molecular formula is C16H24Cl2N2O3. The van der Waals surface area contributed by atoms with Crippen LogP contribution in [0.3, 0.4) is 0 Å². The highest BCUT2D eigenvalue weighted by molar-refractivity contribution is 6.30. The van der Waals surface area contributed by atoms with Crippen molar-refractivity contribution in [2.75, 3.05) is 26.7 Å². The molecule has 0 spiro atoms. The zero-order valence-electron chi connectivity index (χ0n) is 13.4. The number of benzene rings is 1. The van der Waals surface area contributed by atoms with Gasteiger partial charge in [-0.25, -0.2) is 0 Å². The Balaban J connectivity index is 0.00000264. The maximum atomic E-state index is 12.4. The first kappa shape index (κ1) is 20.0. The predicted molar refractivity (Wildman–Crippen MR) is 93.6 cm³/mol. The average Bonchev–Trinajstić information content (AvgIpc) is 2.53. The van der Waals surface area contributed by atoms with E-state index in [1.807, 2.05) is 19.1 Å². The van der Waals surface area contributed by atoms with Gasteiger partial charge in [0.15, 0.2) is 0 Å². The number of nitrogens with one attached hydrogen (secondary N) is 2. The molecule has 7 heteroatoms. The second-order valence-electron chi connectivity index (χ2n) is 5.54. The highest BCUT2D eigenvalue weighted by Crippen LogP contribution is 2.22. The number of halogens is 2. The quantitative estimate of drug-likeness (QED) is 0.815. The molecule has 1 aliphatic rings.